The van der Waals surface area contributed by atoms with E-state index in [4.69, 9.17) is 23.2 Å². The average molecular weight is 614 g/mol. The molecule has 0 bridgehead atoms. The van der Waals surface area contributed by atoms with E-state index in [2.05, 4.69) is 20.6 Å². The smallest absolute Gasteiger partial charge is 0.328 e. The van der Waals surface area contributed by atoms with Crippen molar-refractivity contribution in [3.8, 4) is 5.75 Å². The molecular weight excluding hydrogens is 583 g/mol. The van der Waals surface area contributed by atoms with Crippen LogP contribution in [0.2, 0.25) is 10.0 Å². The van der Waals surface area contributed by atoms with Crippen LogP contribution in [0.5, 0.6) is 5.75 Å². The Morgan fingerprint density at radius 2 is 1.88 bits per heavy atom. The third-order valence-electron chi connectivity index (χ3n) is 7.29. The normalized spacial score (nSPS) is 18.6. The molecule has 0 aliphatic carbocycles. The number of carboxylic acids is 1. The van der Waals surface area contributed by atoms with Crippen molar-refractivity contribution < 1.29 is 24.6 Å². The molecule has 2 aromatic rings. The van der Waals surface area contributed by atoms with E-state index in [9.17, 15) is 24.6 Å². The number of para-hydroxylation sites is 1. The highest BCUT2D eigenvalue weighted by Crippen LogP contribution is 2.35. The van der Waals surface area contributed by atoms with Crippen LogP contribution in [-0.2, 0) is 22.6 Å². The molecule has 1 saturated heterocycles. The Morgan fingerprint density at radius 1 is 1.14 bits per heavy atom. The summed E-state index contributed by atoms with van der Waals surface area (Å²) in [7, 11) is 0. The second-order valence-electron chi connectivity index (χ2n) is 10.2. The molecule has 2 aromatic carbocycles. The van der Waals surface area contributed by atoms with Crippen molar-refractivity contribution in [2.75, 3.05) is 26.2 Å². The highest BCUT2D eigenvalue weighted by atomic mass is 35.5. The number of halogens is 2. The zero-order valence-electron chi connectivity index (χ0n) is 22.6. The summed E-state index contributed by atoms with van der Waals surface area (Å²) in [5.74, 6) is -1.59. The largest absolute Gasteiger partial charge is 0.507 e. The van der Waals surface area contributed by atoms with Crippen molar-refractivity contribution in [2.24, 2.45) is 9.98 Å². The minimum atomic E-state index is -1.32. The number of aromatic hydroxyl groups is 1. The van der Waals surface area contributed by atoms with Crippen LogP contribution in [0.25, 0.3) is 6.08 Å². The number of aliphatic imine (C=N–C) groups is 2. The lowest BCUT2D eigenvalue weighted by atomic mass is 9.96. The first kappa shape index (κ1) is 29.4. The molecule has 0 saturated carbocycles. The van der Waals surface area contributed by atoms with Gasteiger partial charge in [0, 0.05) is 44.0 Å². The van der Waals surface area contributed by atoms with Crippen molar-refractivity contribution in [3.05, 3.63) is 68.7 Å². The fourth-order valence-corrected chi connectivity index (χ4v) is 5.72. The lowest BCUT2D eigenvalue weighted by Crippen LogP contribution is -2.46. The molecule has 1 unspecified atom stereocenters. The van der Waals surface area contributed by atoms with Crippen LogP contribution in [-0.4, -0.2) is 88.4 Å². The number of benzene rings is 2. The van der Waals surface area contributed by atoms with Crippen molar-refractivity contribution in [3.63, 3.8) is 0 Å². The van der Waals surface area contributed by atoms with Gasteiger partial charge in [0.2, 0.25) is 5.91 Å². The number of amides is 2. The molecule has 3 aliphatic rings. The number of hydrogen-bond donors (Lipinski definition) is 4. The first-order chi connectivity index (χ1) is 20.2. The molecule has 2 amide bonds. The maximum absolute atomic E-state index is 13.3. The van der Waals surface area contributed by atoms with Crippen LogP contribution in [0.4, 0.5) is 0 Å². The molecule has 220 valence electrons. The molecular formula is C29H30Cl2N6O5. The lowest BCUT2D eigenvalue weighted by molar-refractivity contribution is -0.139. The van der Waals surface area contributed by atoms with Gasteiger partial charge in [-0.15, -0.1) is 0 Å². The minimum absolute atomic E-state index is 0.0178. The monoisotopic (exact) mass is 612 g/mol. The Bertz CT molecular complexity index is 1480. The molecule has 0 spiro atoms. The fraction of sp³-hybridized carbons (Fsp3) is 0.345. The summed E-state index contributed by atoms with van der Waals surface area (Å²) in [6.07, 6.45) is 6.93. The first-order valence-corrected chi connectivity index (χ1v) is 14.3. The minimum Gasteiger partial charge on any atom is -0.507 e. The zero-order chi connectivity index (χ0) is 29.8. The van der Waals surface area contributed by atoms with Crippen molar-refractivity contribution >= 4 is 59.2 Å². The standard InChI is InChI=1S/C29H30Cl2N6O5/c30-20-13-18-16-37(24(39)8-7-17-5-1-2-6-22(17)38)12-9-19(18)26(31)25(20)27(40)34-21(28(41)42)14-33-29(35-23-15-32-23)36-10-3-4-11-36/h1-2,5-8,13,15,21,23,38H,3-4,9-12,14,16H2,(H,33,35)(H,34,40)(H,41,42)/b8-7+/t21-,23?/m0/s1. The number of guanidine groups is 1. The number of carbonyl (C=O) groups is 3. The van der Waals surface area contributed by atoms with Gasteiger partial charge in [-0.1, -0.05) is 41.4 Å². The molecule has 1 fully saturated rings. The van der Waals surface area contributed by atoms with Gasteiger partial charge < -0.3 is 30.6 Å². The summed E-state index contributed by atoms with van der Waals surface area (Å²) in [6.45, 7) is 1.99. The summed E-state index contributed by atoms with van der Waals surface area (Å²) in [4.78, 5) is 50.3. The number of carboxylic acid groups (broad SMARTS) is 1. The fourth-order valence-electron chi connectivity index (χ4n) is 4.95. The van der Waals surface area contributed by atoms with Gasteiger partial charge in [-0.05, 0) is 48.6 Å². The maximum atomic E-state index is 13.3. The van der Waals surface area contributed by atoms with E-state index < -0.39 is 17.9 Å². The number of fused-ring (bicyclic) bond motifs is 1. The summed E-state index contributed by atoms with van der Waals surface area (Å²) in [5.41, 5.74) is 1.88. The van der Waals surface area contributed by atoms with Gasteiger partial charge in [0.05, 0.1) is 22.2 Å². The summed E-state index contributed by atoms with van der Waals surface area (Å²) < 4.78 is 0. The third-order valence-corrected chi connectivity index (χ3v) is 8.01. The Morgan fingerprint density at radius 3 is 2.57 bits per heavy atom. The number of nitrogens with one attached hydrogen (secondary N) is 2. The second kappa shape index (κ2) is 12.8. The Labute approximate surface area is 252 Å². The van der Waals surface area contributed by atoms with Gasteiger partial charge in [-0.3, -0.25) is 19.6 Å². The van der Waals surface area contributed by atoms with Gasteiger partial charge >= 0.3 is 5.97 Å². The molecule has 0 radical (unpaired) electrons. The number of hydrogen-bond acceptors (Lipinski definition) is 6. The molecule has 3 aliphatic heterocycles. The quantitative estimate of drug-likeness (QED) is 0.203. The van der Waals surface area contributed by atoms with Gasteiger partial charge in [0.1, 0.15) is 11.8 Å². The topological polar surface area (TPSA) is 147 Å². The van der Waals surface area contributed by atoms with Crippen LogP contribution < -0.4 is 10.6 Å². The van der Waals surface area contributed by atoms with Crippen molar-refractivity contribution in [2.45, 2.75) is 38.0 Å². The number of phenols is 1. The van der Waals surface area contributed by atoms with Crippen LogP contribution in [0.1, 0.15) is 39.9 Å². The molecule has 42 heavy (non-hydrogen) atoms. The van der Waals surface area contributed by atoms with Crippen LogP contribution >= 0.6 is 23.2 Å². The predicted octanol–water partition coefficient (Wildman–Crippen LogP) is 2.93. The molecule has 3 heterocycles. The van der Waals surface area contributed by atoms with E-state index in [0.717, 1.165) is 25.9 Å². The van der Waals surface area contributed by atoms with Crippen LogP contribution in [0.15, 0.2) is 46.4 Å². The number of rotatable bonds is 8. The zero-order valence-corrected chi connectivity index (χ0v) is 24.1. The van der Waals surface area contributed by atoms with E-state index in [-0.39, 0.29) is 46.5 Å². The molecule has 13 heteroatoms. The highest BCUT2D eigenvalue weighted by Gasteiger charge is 2.29. The van der Waals surface area contributed by atoms with E-state index >= 15 is 0 Å². The Kier molecular flexibility index (Phi) is 8.98. The van der Waals surface area contributed by atoms with E-state index in [1.807, 2.05) is 4.90 Å². The number of carbonyl (C=O) groups excluding carboxylic acids is 2. The summed E-state index contributed by atoms with van der Waals surface area (Å²) in [5, 5.41) is 25.6. The highest BCUT2D eigenvalue weighted by molar-refractivity contribution is 6.40. The third kappa shape index (κ3) is 6.85. The van der Waals surface area contributed by atoms with E-state index in [1.165, 1.54) is 6.08 Å². The van der Waals surface area contributed by atoms with Gasteiger partial charge in [0.25, 0.3) is 5.91 Å². The SMILES string of the molecule is O=C(N[C@@H](CN=C(NC1C=N1)N1CCCC1)C(=O)O)c1c(Cl)cc2c(c1Cl)CCN(C(=O)/C=C/c1ccccc1O)C2. The van der Waals surface area contributed by atoms with Gasteiger partial charge in [-0.25, -0.2) is 4.79 Å². The van der Waals surface area contributed by atoms with E-state index in [0.29, 0.717) is 35.6 Å². The first-order valence-electron chi connectivity index (χ1n) is 13.6. The number of aliphatic carboxylic acids is 1. The van der Waals surface area contributed by atoms with Gasteiger partial charge in [0.15, 0.2) is 12.1 Å². The lowest BCUT2D eigenvalue weighted by Gasteiger charge is -2.29. The van der Waals surface area contributed by atoms with Crippen LogP contribution in [0.3, 0.4) is 0 Å². The number of nitrogens with zero attached hydrogens (tertiary/aromatic N) is 4. The van der Waals surface area contributed by atoms with Crippen LogP contribution in [0, 0.1) is 0 Å². The molecule has 0 aromatic heterocycles. The molecule has 4 N–H and O–H groups in total. The van der Waals surface area contributed by atoms with E-state index in [1.54, 1.807) is 47.5 Å². The Balaban J connectivity index is 1.27. The molecule has 11 nitrogen and oxygen atoms in total. The molecule has 5 rings (SSSR count). The van der Waals surface area contributed by atoms with Crippen molar-refractivity contribution in [1.29, 1.82) is 0 Å². The van der Waals surface area contributed by atoms with Gasteiger partial charge in [-0.2, -0.15) is 0 Å². The summed E-state index contributed by atoms with van der Waals surface area (Å²) >= 11 is 13.1. The maximum Gasteiger partial charge on any atom is 0.328 e. The molecule has 2 atom stereocenters. The predicted molar refractivity (Wildman–Crippen MR) is 160 cm³/mol. The average Bonchev–Trinajstić information content (AvgIpc) is 3.62. The summed E-state index contributed by atoms with van der Waals surface area (Å²) in [6, 6.07) is 6.97. The Hall–Kier alpha value is -4.09. The number of phenolic OH excluding ortho intramolecular Hbond substituents is 1. The number of likely N-dealkylation sites (tertiary alicyclic amines) is 1. The second-order valence-corrected chi connectivity index (χ2v) is 11.0. The van der Waals surface area contributed by atoms with Crippen molar-refractivity contribution in [1.82, 2.24) is 20.4 Å².